The molecule has 96 valence electrons. The summed E-state index contributed by atoms with van der Waals surface area (Å²) in [5.74, 6) is 0.0180. The van der Waals surface area contributed by atoms with Gasteiger partial charge in [0.05, 0.1) is 5.92 Å². The van der Waals surface area contributed by atoms with Crippen LogP contribution in [0.25, 0.3) is 0 Å². The number of carbonyl (C=O) groups excluding carboxylic acids is 1. The van der Waals surface area contributed by atoms with E-state index in [0.717, 1.165) is 11.8 Å². The van der Waals surface area contributed by atoms with Crippen LogP contribution in [0.2, 0.25) is 0 Å². The van der Waals surface area contributed by atoms with E-state index in [4.69, 9.17) is 0 Å². The monoisotopic (exact) mass is 247 g/mol. The minimum Gasteiger partial charge on any atom is -0.303 e. The van der Waals surface area contributed by atoms with E-state index < -0.39 is 0 Å². The zero-order chi connectivity index (χ0) is 13.1. The molecule has 0 bridgehead atoms. The van der Waals surface area contributed by atoms with Gasteiger partial charge in [-0.05, 0) is 29.9 Å². The molecule has 0 aromatic heterocycles. The lowest BCUT2D eigenvalue weighted by atomic mass is 9.87. The summed E-state index contributed by atoms with van der Waals surface area (Å²) in [5, 5.41) is 10.7. The highest BCUT2D eigenvalue weighted by molar-refractivity contribution is 5.55. The van der Waals surface area contributed by atoms with Crippen molar-refractivity contribution in [3.63, 3.8) is 0 Å². The second-order valence-electron chi connectivity index (χ2n) is 5.06. The molecule has 0 spiro atoms. The molecule has 18 heavy (non-hydrogen) atoms. The predicted octanol–water partition coefficient (Wildman–Crippen LogP) is 2.76. The van der Waals surface area contributed by atoms with E-state index in [-0.39, 0.29) is 23.3 Å². The highest BCUT2D eigenvalue weighted by Gasteiger charge is 2.26. The van der Waals surface area contributed by atoms with E-state index in [1.807, 2.05) is 24.3 Å². The number of nitro groups is 1. The van der Waals surface area contributed by atoms with Crippen LogP contribution in [0.4, 0.5) is 0 Å². The molecule has 1 fully saturated rings. The number of hydrogen-bond acceptors (Lipinski definition) is 3. The van der Waals surface area contributed by atoms with Crippen LogP contribution in [0.5, 0.6) is 0 Å². The van der Waals surface area contributed by atoms with E-state index in [2.05, 4.69) is 0 Å². The molecule has 1 saturated carbocycles. The van der Waals surface area contributed by atoms with Crippen molar-refractivity contribution in [2.24, 2.45) is 5.92 Å². The lowest BCUT2D eigenvalue weighted by Crippen LogP contribution is -2.20. The first-order valence-corrected chi connectivity index (χ1v) is 6.28. The molecule has 0 radical (unpaired) electrons. The van der Waals surface area contributed by atoms with Crippen LogP contribution in [-0.2, 0) is 4.79 Å². The first kappa shape index (κ1) is 12.7. The summed E-state index contributed by atoms with van der Waals surface area (Å²) in [6.45, 7) is 1.54. The average molecular weight is 247 g/mol. The average Bonchev–Trinajstić information content (AvgIpc) is 3.19. The number of aldehydes is 1. The number of benzene rings is 1. The van der Waals surface area contributed by atoms with Crippen LogP contribution in [0.15, 0.2) is 24.3 Å². The fraction of sp³-hybridized carbons (Fsp3) is 0.500. The maximum absolute atomic E-state index is 10.9. The van der Waals surface area contributed by atoms with Crippen molar-refractivity contribution in [2.45, 2.75) is 31.6 Å². The molecule has 0 N–H and O–H groups in total. The lowest BCUT2D eigenvalue weighted by Gasteiger charge is -2.16. The van der Waals surface area contributed by atoms with Crippen molar-refractivity contribution >= 4 is 6.29 Å². The fourth-order valence-electron chi connectivity index (χ4n) is 2.26. The van der Waals surface area contributed by atoms with Gasteiger partial charge in [-0.2, -0.15) is 0 Å². The Bertz CT molecular complexity index is 437. The molecule has 1 aromatic rings. The van der Waals surface area contributed by atoms with Crippen molar-refractivity contribution in [2.75, 3.05) is 6.54 Å². The van der Waals surface area contributed by atoms with Crippen LogP contribution in [0, 0.1) is 16.0 Å². The molecule has 1 aromatic carbocycles. The summed E-state index contributed by atoms with van der Waals surface area (Å²) in [6.07, 6.45) is 3.27. The number of carbonyl (C=O) groups is 1. The molecule has 2 atom stereocenters. The molecule has 4 heteroatoms. The van der Waals surface area contributed by atoms with Gasteiger partial charge >= 0.3 is 0 Å². The van der Waals surface area contributed by atoms with Gasteiger partial charge in [0.25, 0.3) is 0 Å². The van der Waals surface area contributed by atoms with Gasteiger partial charge in [-0.15, -0.1) is 0 Å². The van der Waals surface area contributed by atoms with E-state index in [1.54, 1.807) is 6.92 Å². The maximum Gasteiger partial charge on any atom is 0.211 e. The zero-order valence-corrected chi connectivity index (χ0v) is 10.4. The molecule has 2 rings (SSSR count). The molecule has 1 aliphatic rings. The van der Waals surface area contributed by atoms with Gasteiger partial charge in [-0.25, -0.2) is 0 Å². The van der Waals surface area contributed by atoms with Crippen molar-refractivity contribution in [1.82, 2.24) is 0 Å². The molecule has 0 unspecified atom stereocenters. The van der Waals surface area contributed by atoms with Crippen molar-refractivity contribution in [3.8, 4) is 0 Å². The summed E-state index contributed by atoms with van der Waals surface area (Å²) in [7, 11) is 0. The summed E-state index contributed by atoms with van der Waals surface area (Å²) < 4.78 is 0. The smallest absolute Gasteiger partial charge is 0.211 e. The fourth-order valence-corrected chi connectivity index (χ4v) is 2.26. The van der Waals surface area contributed by atoms with Crippen molar-refractivity contribution in [1.29, 1.82) is 0 Å². The molecule has 0 aliphatic heterocycles. The normalized spacial score (nSPS) is 18.1. The molecular weight excluding hydrogens is 230 g/mol. The Balaban J connectivity index is 2.17. The quantitative estimate of drug-likeness (QED) is 0.441. The second kappa shape index (κ2) is 5.29. The SMILES string of the molecule is C[C@H](C=O)[C@@H](C[N+](=O)[O-])c1ccc(C2CC2)cc1. The Kier molecular flexibility index (Phi) is 3.75. The van der Waals surface area contributed by atoms with E-state index in [0.29, 0.717) is 5.92 Å². The highest BCUT2D eigenvalue weighted by Crippen LogP contribution is 2.40. The van der Waals surface area contributed by atoms with Crippen LogP contribution < -0.4 is 0 Å². The van der Waals surface area contributed by atoms with Crippen molar-refractivity contribution < 1.29 is 9.72 Å². The van der Waals surface area contributed by atoms with Gasteiger partial charge in [0.1, 0.15) is 6.29 Å². The summed E-state index contributed by atoms with van der Waals surface area (Å²) >= 11 is 0. The predicted molar refractivity (Wildman–Crippen MR) is 68.2 cm³/mol. The third-order valence-corrected chi connectivity index (χ3v) is 3.61. The van der Waals surface area contributed by atoms with Crippen molar-refractivity contribution in [3.05, 3.63) is 45.5 Å². The number of nitrogens with zero attached hydrogens (tertiary/aromatic N) is 1. The Labute approximate surface area is 106 Å². The third kappa shape index (κ3) is 2.94. The summed E-state index contributed by atoms with van der Waals surface area (Å²) in [6, 6.07) is 7.94. The summed E-state index contributed by atoms with van der Waals surface area (Å²) in [5.41, 5.74) is 2.19. The molecule has 0 saturated heterocycles. The van der Waals surface area contributed by atoms with Gasteiger partial charge in [0, 0.05) is 10.8 Å². The standard InChI is InChI=1S/C14H17NO3/c1-10(9-16)14(8-15(17)18)13-6-4-12(5-7-13)11-2-3-11/h4-7,9-11,14H,2-3,8H2,1H3/t10-,14-/m1/s1. The third-order valence-electron chi connectivity index (χ3n) is 3.61. The minimum absolute atomic E-state index is 0.192. The van der Waals surface area contributed by atoms with Crippen LogP contribution in [-0.4, -0.2) is 17.8 Å². The van der Waals surface area contributed by atoms with Crippen LogP contribution >= 0.6 is 0 Å². The van der Waals surface area contributed by atoms with Gasteiger partial charge in [-0.1, -0.05) is 31.2 Å². The molecule has 1 aliphatic carbocycles. The molecular formula is C14H17NO3. The van der Waals surface area contributed by atoms with Crippen LogP contribution in [0.1, 0.15) is 42.7 Å². The molecule has 0 amide bonds. The number of hydrogen-bond donors (Lipinski definition) is 0. The minimum atomic E-state index is -0.348. The first-order valence-electron chi connectivity index (χ1n) is 6.28. The molecule has 4 nitrogen and oxygen atoms in total. The van der Waals surface area contributed by atoms with Gasteiger partial charge in [0.2, 0.25) is 6.54 Å². The maximum atomic E-state index is 10.9. The largest absolute Gasteiger partial charge is 0.303 e. The lowest BCUT2D eigenvalue weighted by molar-refractivity contribution is -0.484. The summed E-state index contributed by atoms with van der Waals surface area (Å²) in [4.78, 5) is 21.2. The highest BCUT2D eigenvalue weighted by atomic mass is 16.6. The Morgan fingerprint density at radius 3 is 2.44 bits per heavy atom. The van der Waals surface area contributed by atoms with E-state index in [9.17, 15) is 14.9 Å². The van der Waals surface area contributed by atoms with Gasteiger partial charge in [0.15, 0.2) is 0 Å². The second-order valence-corrected chi connectivity index (χ2v) is 5.06. The zero-order valence-electron chi connectivity index (χ0n) is 10.4. The topological polar surface area (TPSA) is 60.2 Å². The Morgan fingerprint density at radius 2 is 2.00 bits per heavy atom. The van der Waals surface area contributed by atoms with Crippen LogP contribution in [0.3, 0.4) is 0 Å². The van der Waals surface area contributed by atoms with E-state index >= 15 is 0 Å². The van der Waals surface area contributed by atoms with E-state index in [1.165, 1.54) is 18.4 Å². The first-order chi connectivity index (χ1) is 8.61. The molecule has 0 heterocycles. The Hall–Kier alpha value is -1.71. The number of rotatable bonds is 6. The Morgan fingerprint density at radius 1 is 1.39 bits per heavy atom. The van der Waals surface area contributed by atoms with Gasteiger partial charge in [-0.3, -0.25) is 10.1 Å². The van der Waals surface area contributed by atoms with Gasteiger partial charge < -0.3 is 4.79 Å².